The average Bonchev–Trinajstić information content (AvgIpc) is 2.56. The van der Waals surface area contributed by atoms with Crippen molar-refractivity contribution in [2.75, 3.05) is 0 Å². The van der Waals surface area contributed by atoms with E-state index < -0.39 is 66.2 Å². The molecule has 0 saturated carbocycles. The van der Waals surface area contributed by atoms with Gasteiger partial charge in [0.25, 0.3) is 0 Å². The summed E-state index contributed by atoms with van der Waals surface area (Å²) < 4.78 is 0. The van der Waals surface area contributed by atoms with Gasteiger partial charge in [-0.25, -0.2) is 4.79 Å². The summed E-state index contributed by atoms with van der Waals surface area (Å²) >= 11 is 0. The first-order valence-electron chi connectivity index (χ1n) is 8.24. The number of hydrogen-bond donors (Lipinski definition) is 7. The lowest BCUT2D eigenvalue weighted by molar-refractivity contribution is -0.147. The molecule has 0 aliphatic heterocycles. The zero-order valence-corrected chi connectivity index (χ0v) is 15.4. The summed E-state index contributed by atoms with van der Waals surface area (Å²) in [7, 11) is 0. The molecule has 0 aromatic carbocycles. The number of aliphatic carboxylic acids is 2. The molecule has 0 bridgehead atoms. The zero-order chi connectivity index (χ0) is 22.0. The van der Waals surface area contributed by atoms with Crippen molar-refractivity contribution in [2.24, 2.45) is 11.5 Å². The Bertz CT molecular complexity index is 636. The summed E-state index contributed by atoms with van der Waals surface area (Å²) in [5.41, 5.74) is 10.4. The van der Waals surface area contributed by atoms with E-state index in [9.17, 15) is 28.8 Å². The molecule has 0 heterocycles. The molecule has 4 amide bonds. The number of carboxylic acid groups (broad SMARTS) is 2. The Kier molecular flexibility index (Phi) is 10.2. The van der Waals surface area contributed by atoms with Crippen LogP contribution < -0.4 is 27.4 Å². The number of carbonyl (C=O) groups excluding carboxylic acids is 4. The fraction of sp³-hybridized carbons (Fsp3) is 0.600. The van der Waals surface area contributed by atoms with Gasteiger partial charge in [-0.1, -0.05) is 0 Å². The van der Waals surface area contributed by atoms with E-state index in [4.69, 9.17) is 21.7 Å². The molecule has 0 aliphatic rings. The van der Waals surface area contributed by atoms with E-state index in [1.165, 1.54) is 13.8 Å². The van der Waals surface area contributed by atoms with E-state index in [1.54, 1.807) is 0 Å². The van der Waals surface area contributed by atoms with Crippen LogP contribution in [0.1, 0.15) is 33.1 Å². The predicted octanol–water partition coefficient (Wildman–Crippen LogP) is -3.37. The molecular formula is C15H25N5O8. The maximum Gasteiger partial charge on any atom is 0.326 e. The summed E-state index contributed by atoms with van der Waals surface area (Å²) in [5, 5.41) is 24.2. The second kappa shape index (κ2) is 11.5. The summed E-state index contributed by atoms with van der Waals surface area (Å²) in [6, 6.07) is -5.09. The Hall–Kier alpha value is -3.22. The summed E-state index contributed by atoms with van der Waals surface area (Å²) in [5.74, 6) is -6.26. The average molecular weight is 403 g/mol. The largest absolute Gasteiger partial charge is 0.481 e. The molecule has 158 valence electrons. The Morgan fingerprint density at radius 3 is 1.82 bits per heavy atom. The Morgan fingerprint density at radius 1 is 0.857 bits per heavy atom. The monoisotopic (exact) mass is 403 g/mol. The van der Waals surface area contributed by atoms with Crippen LogP contribution in [0, 0.1) is 0 Å². The molecule has 13 nitrogen and oxygen atoms in total. The third kappa shape index (κ3) is 9.47. The SMILES string of the molecule is CC(N)C(=O)NC(C)C(=O)NC(CCC(N)=O)C(=O)NC(CC(=O)O)C(=O)O. The van der Waals surface area contributed by atoms with E-state index in [1.807, 2.05) is 5.32 Å². The lowest BCUT2D eigenvalue weighted by Gasteiger charge is -2.23. The first kappa shape index (κ1) is 24.8. The normalized spacial score (nSPS) is 14.7. The van der Waals surface area contributed by atoms with Gasteiger partial charge >= 0.3 is 11.9 Å². The quantitative estimate of drug-likeness (QED) is 0.172. The van der Waals surface area contributed by atoms with Crippen molar-refractivity contribution in [1.82, 2.24) is 16.0 Å². The van der Waals surface area contributed by atoms with Gasteiger partial charge in [0.15, 0.2) is 0 Å². The minimum atomic E-state index is -1.74. The number of hydrogen-bond acceptors (Lipinski definition) is 7. The molecule has 0 saturated heterocycles. The number of nitrogens with one attached hydrogen (secondary N) is 3. The zero-order valence-electron chi connectivity index (χ0n) is 15.4. The lowest BCUT2D eigenvalue weighted by atomic mass is 10.1. The molecule has 0 aromatic heterocycles. The molecule has 0 radical (unpaired) electrons. The number of carboxylic acids is 2. The third-order valence-corrected chi connectivity index (χ3v) is 3.47. The van der Waals surface area contributed by atoms with Crippen LogP contribution in [0.5, 0.6) is 0 Å². The molecule has 0 rings (SSSR count). The van der Waals surface area contributed by atoms with Crippen LogP contribution in [-0.4, -0.2) is 69.9 Å². The van der Waals surface area contributed by atoms with Gasteiger partial charge in [0, 0.05) is 6.42 Å². The van der Waals surface area contributed by atoms with Crippen molar-refractivity contribution in [3.63, 3.8) is 0 Å². The van der Waals surface area contributed by atoms with Gasteiger partial charge in [-0.05, 0) is 20.3 Å². The highest BCUT2D eigenvalue weighted by Crippen LogP contribution is 2.02. The summed E-state index contributed by atoms with van der Waals surface area (Å²) in [4.78, 5) is 68.8. The van der Waals surface area contributed by atoms with Crippen molar-refractivity contribution in [2.45, 2.75) is 57.3 Å². The smallest absolute Gasteiger partial charge is 0.326 e. The molecule has 0 aliphatic carbocycles. The second-order valence-electron chi connectivity index (χ2n) is 6.08. The Morgan fingerprint density at radius 2 is 1.39 bits per heavy atom. The second-order valence-corrected chi connectivity index (χ2v) is 6.08. The van der Waals surface area contributed by atoms with Crippen LogP contribution in [0.2, 0.25) is 0 Å². The number of carbonyl (C=O) groups is 6. The molecule has 4 unspecified atom stereocenters. The maximum absolute atomic E-state index is 12.3. The van der Waals surface area contributed by atoms with Crippen LogP contribution in [0.15, 0.2) is 0 Å². The highest BCUT2D eigenvalue weighted by Gasteiger charge is 2.29. The van der Waals surface area contributed by atoms with Crippen LogP contribution >= 0.6 is 0 Å². The summed E-state index contributed by atoms with van der Waals surface area (Å²) in [6.07, 6.45) is -1.46. The number of rotatable bonds is 12. The molecular weight excluding hydrogens is 378 g/mol. The van der Waals surface area contributed by atoms with Gasteiger partial charge in [0.05, 0.1) is 12.5 Å². The van der Waals surface area contributed by atoms with Crippen molar-refractivity contribution >= 4 is 35.6 Å². The number of amides is 4. The van der Waals surface area contributed by atoms with E-state index in [0.29, 0.717) is 0 Å². The Labute approximate surface area is 160 Å². The predicted molar refractivity (Wildman–Crippen MR) is 93.4 cm³/mol. The highest BCUT2D eigenvalue weighted by molar-refractivity contribution is 5.94. The van der Waals surface area contributed by atoms with Gasteiger partial charge in [-0.3, -0.25) is 24.0 Å². The first-order chi connectivity index (χ1) is 12.8. The lowest BCUT2D eigenvalue weighted by Crippen LogP contribution is -2.56. The summed E-state index contributed by atoms with van der Waals surface area (Å²) in [6.45, 7) is 2.72. The number of primary amides is 1. The van der Waals surface area contributed by atoms with Crippen molar-refractivity contribution < 1.29 is 39.0 Å². The van der Waals surface area contributed by atoms with Crippen molar-refractivity contribution in [3.8, 4) is 0 Å². The van der Waals surface area contributed by atoms with Crippen molar-refractivity contribution in [3.05, 3.63) is 0 Å². The Balaban J connectivity index is 5.18. The molecule has 0 spiro atoms. The van der Waals surface area contributed by atoms with E-state index in [0.717, 1.165) is 0 Å². The van der Waals surface area contributed by atoms with E-state index >= 15 is 0 Å². The highest BCUT2D eigenvalue weighted by atomic mass is 16.4. The van der Waals surface area contributed by atoms with Crippen molar-refractivity contribution in [1.29, 1.82) is 0 Å². The van der Waals surface area contributed by atoms with E-state index in [-0.39, 0.29) is 12.8 Å². The topological polar surface area (TPSA) is 231 Å². The van der Waals surface area contributed by atoms with Crippen LogP contribution in [0.4, 0.5) is 0 Å². The van der Waals surface area contributed by atoms with Crippen LogP contribution in [0.25, 0.3) is 0 Å². The van der Waals surface area contributed by atoms with Gasteiger partial charge in [-0.2, -0.15) is 0 Å². The molecule has 9 N–H and O–H groups in total. The van der Waals surface area contributed by atoms with Gasteiger partial charge in [0.2, 0.25) is 23.6 Å². The van der Waals surface area contributed by atoms with Crippen LogP contribution in [-0.2, 0) is 28.8 Å². The minimum Gasteiger partial charge on any atom is -0.481 e. The minimum absolute atomic E-state index is 0.264. The fourth-order valence-electron chi connectivity index (χ4n) is 1.91. The standard InChI is InChI=1S/C15H25N5O8/c1-6(16)12(24)18-7(2)13(25)19-8(3-4-10(17)21)14(26)20-9(15(27)28)5-11(22)23/h6-9H,3-5,16H2,1-2H3,(H2,17,21)(H,18,24)(H,19,25)(H,20,26)(H,22,23)(H,27,28). The molecule has 0 aromatic rings. The van der Waals surface area contributed by atoms with E-state index in [2.05, 4.69) is 10.6 Å². The van der Waals surface area contributed by atoms with Gasteiger partial charge in [0.1, 0.15) is 18.1 Å². The fourth-order valence-corrected chi connectivity index (χ4v) is 1.91. The van der Waals surface area contributed by atoms with Gasteiger partial charge < -0.3 is 37.6 Å². The van der Waals surface area contributed by atoms with Crippen LogP contribution in [0.3, 0.4) is 0 Å². The molecule has 4 atom stereocenters. The number of nitrogens with two attached hydrogens (primary N) is 2. The molecule has 0 fully saturated rings. The van der Waals surface area contributed by atoms with Gasteiger partial charge in [-0.15, -0.1) is 0 Å². The third-order valence-electron chi connectivity index (χ3n) is 3.47. The molecule has 28 heavy (non-hydrogen) atoms. The maximum atomic E-state index is 12.3. The molecule has 13 heteroatoms. The first-order valence-corrected chi connectivity index (χ1v) is 8.24.